The van der Waals surface area contributed by atoms with E-state index in [0.29, 0.717) is 18.7 Å². The number of methoxy groups -OCH3 is 1. The number of likely N-dealkylation sites (tertiary alicyclic amines) is 1. The molecule has 0 bridgehead atoms. The molecule has 1 aromatic heterocycles. The van der Waals surface area contributed by atoms with Crippen molar-refractivity contribution in [2.45, 2.75) is 24.9 Å². The molecule has 1 fully saturated rings. The number of hydrogen-bond donors (Lipinski definition) is 1. The van der Waals surface area contributed by atoms with Crippen LogP contribution in [0.4, 0.5) is 5.69 Å². The van der Waals surface area contributed by atoms with E-state index in [9.17, 15) is 9.59 Å². The van der Waals surface area contributed by atoms with Gasteiger partial charge in [0.25, 0.3) is 5.91 Å². The second-order valence-electron chi connectivity index (χ2n) is 6.93. The zero-order valence-corrected chi connectivity index (χ0v) is 15.6. The van der Waals surface area contributed by atoms with Crippen LogP contribution in [0.1, 0.15) is 24.4 Å². The highest BCUT2D eigenvalue weighted by atomic mass is 16.5. The molecular formula is C21H22N4O3. The summed E-state index contributed by atoms with van der Waals surface area (Å²) in [5.74, 6) is -0.517. The number of rotatable bonds is 4. The summed E-state index contributed by atoms with van der Waals surface area (Å²) in [6.07, 6.45) is 3.04. The highest BCUT2D eigenvalue weighted by molar-refractivity contribution is 5.91. The van der Waals surface area contributed by atoms with Crippen molar-refractivity contribution < 1.29 is 14.3 Å². The number of esters is 1. The van der Waals surface area contributed by atoms with Crippen LogP contribution in [0.5, 0.6) is 0 Å². The van der Waals surface area contributed by atoms with E-state index >= 15 is 0 Å². The highest BCUT2D eigenvalue weighted by Gasteiger charge is 2.39. The maximum atomic E-state index is 13.6. The molecule has 1 unspecified atom stereocenters. The number of nitrogen functional groups attached to an aromatic ring is 1. The molecule has 2 aromatic carbocycles. The van der Waals surface area contributed by atoms with E-state index in [0.717, 1.165) is 23.0 Å². The van der Waals surface area contributed by atoms with Crippen molar-refractivity contribution in [2.75, 3.05) is 19.4 Å². The first-order chi connectivity index (χ1) is 13.6. The number of benzene rings is 2. The lowest BCUT2D eigenvalue weighted by Crippen LogP contribution is -2.44. The number of amides is 1. The van der Waals surface area contributed by atoms with Crippen molar-refractivity contribution in [1.82, 2.24) is 14.5 Å². The van der Waals surface area contributed by atoms with Crippen LogP contribution in [0, 0.1) is 0 Å². The van der Waals surface area contributed by atoms with Gasteiger partial charge in [0.2, 0.25) is 0 Å². The third kappa shape index (κ3) is 3.09. The largest absolute Gasteiger partial charge is 0.467 e. The van der Waals surface area contributed by atoms with Crippen LogP contribution in [0.15, 0.2) is 54.9 Å². The molecule has 1 saturated heterocycles. The standard InChI is InChI=1S/C21H22N4O3/c1-28-21(27)18-8-5-11-24(18)20(26)19(14-6-3-2-4-7-14)25-13-23-16-12-15(22)9-10-17(16)25/h2-4,6-7,9-10,12-13,18-19H,5,8,11,22H2,1H3/t18-,19?/m0/s1. The summed E-state index contributed by atoms with van der Waals surface area (Å²) >= 11 is 0. The van der Waals surface area contributed by atoms with Gasteiger partial charge in [0, 0.05) is 12.2 Å². The molecular weight excluding hydrogens is 356 g/mol. The number of imidazole rings is 1. The number of carbonyl (C=O) groups excluding carboxylic acids is 2. The predicted molar refractivity (Wildman–Crippen MR) is 105 cm³/mol. The Morgan fingerprint density at radius 1 is 1.21 bits per heavy atom. The van der Waals surface area contributed by atoms with Gasteiger partial charge in [-0.3, -0.25) is 4.79 Å². The highest BCUT2D eigenvalue weighted by Crippen LogP contribution is 2.30. The molecule has 0 spiro atoms. The first kappa shape index (κ1) is 18.0. The number of hydrogen-bond acceptors (Lipinski definition) is 5. The zero-order chi connectivity index (χ0) is 19.7. The molecule has 4 rings (SSSR count). The van der Waals surface area contributed by atoms with Gasteiger partial charge in [-0.25, -0.2) is 9.78 Å². The Morgan fingerprint density at radius 3 is 2.75 bits per heavy atom. The fourth-order valence-corrected chi connectivity index (χ4v) is 3.88. The topological polar surface area (TPSA) is 90.5 Å². The molecule has 28 heavy (non-hydrogen) atoms. The van der Waals surface area contributed by atoms with Gasteiger partial charge in [0.05, 0.1) is 24.5 Å². The summed E-state index contributed by atoms with van der Waals surface area (Å²) in [6.45, 7) is 0.529. The third-order valence-electron chi connectivity index (χ3n) is 5.24. The Morgan fingerprint density at radius 2 is 2.00 bits per heavy atom. The summed E-state index contributed by atoms with van der Waals surface area (Å²) in [5.41, 5.74) is 8.85. The summed E-state index contributed by atoms with van der Waals surface area (Å²) in [6, 6.07) is 13.8. The van der Waals surface area contributed by atoms with Crippen molar-refractivity contribution in [3.63, 3.8) is 0 Å². The van der Waals surface area contributed by atoms with Gasteiger partial charge in [-0.05, 0) is 36.6 Å². The third-order valence-corrected chi connectivity index (χ3v) is 5.24. The molecule has 3 aromatic rings. The molecule has 0 radical (unpaired) electrons. The number of fused-ring (bicyclic) bond motifs is 1. The number of anilines is 1. The lowest BCUT2D eigenvalue weighted by atomic mass is 10.0. The normalized spacial score (nSPS) is 17.6. The fraction of sp³-hybridized carbons (Fsp3) is 0.286. The van der Waals surface area contributed by atoms with E-state index in [1.807, 2.05) is 41.0 Å². The van der Waals surface area contributed by atoms with Gasteiger partial charge in [0.1, 0.15) is 12.1 Å². The molecule has 2 heterocycles. The molecule has 2 N–H and O–H groups in total. The first-order valence-corrected chi connectivity index (χ1v) is 9.25. The number of ether oxygens (including phenoxy) is 1. The minimum absolute atomic E-state index is 0.143. The summed E-state index contributed by atoms with van der Waals surface area (Å²) in [7, 11) is 1.35. The lowest BCUT2D eigenvalue weighted by Gasteiger charge is -2.28. The molecule has 1 amide bonds. The van der Waals surface area contributed by atoms with Crippen molar-refractivity contribution >= 4 is 28.6 Å². The monoisotopic (exact) mass is 378 g/mol. The molecule has 1 aliphatic rings. The van der Waals surface area contributed by atoms with Crippen LogP contribution in [-0.4, -0.2) is 46.0 Å². The molecule has 2 atom stereocenters. The van der Waals surface area contributed by atoms with Crippen molar-refractivity contribution in [3.05, 3.63) is 60.4 Å². The lowest BCUT2D eigenvalue weighted by molar-refractivity contribution is -0.151. The number of carbonyl (C=O) groups is 2. The maximum Gasteiger partial charge on any atom is 0.328 e. The Labute approximate surface area is 162 Å². The van der Waals surface area contributed by atoms with Gasteiger partial charge < -0.3 is 19.9 Å². The summed E-state index contributed by atoms with van der Waals surface area (Å²) in [4.78, 5) is 31.9. The first-order valence-electron chi connectivity index (χ1n) is 9.25. The number of nitrogens with two attached hydrogens (primary N) is 1. The summed E-state index contributed by atoms with van der Waals surface area (Å²) < 4.78 is 6.75. The van der Waals surface area contributed by atoms with Crippen molar-refractivity contribution in [3.8, 4) is 0 Å². The van der Waals surface area contributed by atoms with Crippen LogP contribution in [0.3, 0.4) is 0 Å². The van der Waals surface area contributed by atoms with Gasteiger partial charge in [-0.2, -0.15) is 0 Å². The van der Waals surface area contributed by atoms with Crippen LogP contribution in [-0.2, 0) is 14.3 Å². The number of aromatic nitrogens is 2. The molecule has 0 saturated carbocycles. The molecule has 7 nitrogen and oxygen atoms in total. The van der Waals surface area contributed by atoms with E-state index in [4.69, 9.17) is 10.5 Å². The van der Waals surface area contributed by atoms with E-state index < -0.39 is 12.1 Å². The summed E-state index contributed by atoms with van der Waals surface area (Å²) in [5, 5.41) is 0. The zero-order valence-electron chi connectivity index (χ0n) is 15.6. The number of nitrogens with zero attached hydrogens (tertiary/aromatic N) is 3. The van der Waals surface area contributed by atoms with Crippen LogP contribution in [0.25, 0.3) is 11.0 Å². The molecule has 7 heteroatoms. The predicted octanol–water partition coefficient (Wildman–Crippen LogP) is 2.37. The smallest absolute Gasteiger partial charge is 0.328 e. The molecule has 0 aliphatic carbocycles. The van der Waals surface area contributed by atoms with E-state index in [2.05, 4.69) is 4.98 Å². The Kier molecular flexibility index (Phi) is 4.73. The average Bonchev–Trinajstić information content (AvgIpc) is 3.36. The van der Waals surface area contributed by atoms with Crippen LogP contribution in [0.2, 0.25) is 0 Å². The van der Waals surface area contributed by atoms with Gasteiger partial charge >= 0.3 is 5.97 Å². The molecule has 1 aliphatic heterocycles. The minimum Gasteiger partial charge on any atom is -0.467 e. The minimum atomic E-state index is -0.625. The van der Waals surface area contributed by atoms with E-state index in [1.165, 1.54) is 7.11 Å². The second-order valence-corrected chi connectivity index (χ2v) is 6.93. The van der Waals surface area contributed by atoms with Gasteiger partial charge in [-0.15, -0.1) is 0 Å². The SMILES string of the molecule is COC(=O)[C@@H]1CCCN1C(=O)C(c1ccccc1)n1cnc2cc(N)ccc21. The van der Waals surface area contributed by atoms with Crippen molar-refractivity contribution in [2.24, 2.45) is 0 Å². The average molecular weight is 378 g/mol. The van der Waals surface area contributed by atoms with Gasteiger partial charge in [-0.1, -0.05) is 30.3 Å². The van der Waals surface area contributed by atoms with Gasteiger partial charge in [0.15, 0.2) is 0 Å². The molecule has 144 valence electrons. The van der Waals surface area contributed by atoms with E-state index in [-0.39, 0.29) is 11.9 Å². The Hall–Kier alpha value is -3.35. The fourth-order valence-electron chi connectivity index (χ4n) is 3.88. The quantitative estimate of drug-likeness (QED) is 0.556. The second kappa shape index (κ2) is 7.34. The maximum absolute atomic E-state index is 13.6. The van der Waals surface area contributed by atoms with Crippen LogP contribution >= 0.6 is 0 Å². The van der Waals surface area contributed by atoms with E-state index in [1.54, 1.807) is 23.4 Å². The Balaban J connectivity index is 1.80. The van der Waals surface area contributed by atoms with Crippen molar-refractivity contribution in [1.29, 1.82) is 0 Å². The van der Waals surface area contributed by atoms with Crippen LogP contribution < -0.4 is 5.73 Å². The Bertz CT molecular complexity index is 1010.